The molecule has 21 heavy (non-hydrogen) atoms. The van der Waals surface area contributed by atoms with Crippen LogP contribution in [0.2, 0.25) is 5.02 Å². The predicted octanol–water partition coefficient (Wildman–Crippen LogP) is 4.25. The van der Waals surface area contributed by atoms with Crippen LogP contribution in [-0.2, 0) is 6.42 Å². The molecule has 2 aromatic rings. The van der Waals surface area contributed by atoms with E-state index < -0.39 is 6.10 Å². The maximum atomic E-state index is 13.4. The van der Waals surface area contributed by atoms with Gasteiger partial charge < -0.3 is 14.6 Å². The molecule has 0 amide bonds. The van der Waals surface area contributed by atoms with E-state index in [2.05, 4.69) is 15.9 Å². The minimum Gasteiger partial charge on any atom is -0.454 e. The lowest BCUT2D eigenvalue weighted by atomic mass is 10.0. The summed E-state index contributed by atoms with van der Waals surface area (Å²) in [6, 6.07) is 7.85. The fourth-order valence-electron chi connectivity index (χ4n) is 2.25. The highest BCUT2D eigenvalue weighted by atomic mass is 79.9. The van der Waals surface area contributed by atoms with Crippen molar-refractivity contribution in [1.29, 1.82) is 0 Å². The number of fused-ring (bicyclic) bond motifs is 1. The first-order chi connectivity index (χ1) is 10.0. The van der Waals surface area contributed by atoms with Crippen molar-refractivity contribution in [1.82, 2.24) is 0 Å². The molecule has 1 heterocycles. The molecule has 0 saturated carbocycles. The summed E-state index contributed by atoms with van der Waals surface area (Å²) in [5, 5.41) is 10.7. The molecule has 1 aliphatic heterocycles. The Bertz CT molecular complexity index is 673. The highest BCUT2D eigenvalue weighted by molar-refractivity contribution is 9.10. The van der Waals surface area contributed by atoms with E-state index in [4.69, 9.17) is 21.1 Å². The SMILES string of the molecule is OC(Cc1cc(F)cc(Br)c1)c1cc(Cl)c2c(c1)OCO2. The molecule has 0 radical (unpaired) electrons. The molecule has 0 spiro atoms. The van der Waals surface area contributed by atoms with Gasteiger partial charge in [0.2, 0.25) is 6.79 Å². The van der Waals surface area contributed by atoms with Crippen LogP contribution in [-0.4, -0.2) is 11.9 Å². The summed E-state index contributed by atoms with van der Waals surface area (Å²) < 4.78 is 24.5. The molecule has 2 aromatic carbocycles. The summed E-state index contributed by atoms with van der Waals surface area (Å²) in [5.41, 5.74) is 1.28. The molecule has 3 nitrogen and oxygen atoms in total. The third-order valence-electron chi connectivity index (χ3n) is 3.19. The van der Waals surface area contributed by atoms with Crippen molar-refractivity contribution in [2.24, 2.45) is 0 Å². The van der Waals surface area contributed by atoms with Crippen LogP contribution in [0.5, 0.6) is 11.5 Å². The number of halogens is 3. The highest BCUT2D eigenvalue weighted by Crippen LogP contribution is 2.41. The number of hydrogen-bond donors (Lipinski definition) is 1. The maximum absolute atomic E-state index is 13.4. The van der Waals surface area contributed by atoms with Crippen LogP contribution in [0.1, 0.15) is 17.2 Å². The van der Waals surface area contributed by atoms with E-state index in [1.54, 1.807) is 18.2 Å². The number of aliphatic hydroxyl groups is 1. The first-order valence-electron chi connectivity index (χ1n) is 6.25. The van der Waals surface area contributed by atoms with Crippen molar-refractivity contribution in [3.8, 4) is 11.5 Å². The molecule has 1 atom stereocenters. The fourth-order valence-corrected chi connectivity index (χ4v) is 3.04. The second kappa shape index (κ2) is 5.83. The van der Waals surface area contributed by atoms with Gasteiger partial charge in [0.05, 0.1) is 11.1 Å². The Morgan fingerprint density at radius 3 is 2.81 bits per heavy atom. The number of ether oxygens (including phenoxy) is 2. The van der Waals surface area contributed by atoms with Gasteiger partial charge in [0.1, 0.15) is 5.82 Å². The minimum absolute atomic E-state index is 0.117. The fraction of sp³-hybridized carbons (Fsp3) is 0.200. The zero-order valence-electron chi connectivity index (χ0n) is 10.8. The van der Waals surface area contributed by atoms with Gasteiger partial charge in [-0.2, -0.15) is 0 Å². The van der Waals surface area contributed by atoms with E-state index in [0.717, 1.165) is 0 Å². The molecule has 0 aromatic heterocycles. The van der Waals surface area contributed by atoms with Gasteiger partial charge in [-0.15, -0.1) is 0 Å². The van der Waals surface area contributed by atoms with Crippen LogP contribution >= 0.6 is 27.5 Å². The number of benzene rings is 2. The Kier molecular flexibility index (Phi) is 4.06. The van der Waals surface area contributed by atoms with Crippen molar-refractivity contribution < 1.29 is 19.0 Å². The van der Waals surface area contributed by atoms with Crippen molar-refractivity contribution >= 4 is 27.5 Å². The second-order valence-corrected chi connectivity index (χ2v) is 6.06. The summed E-state index contributed by atoms with van der Waals surface area (Å²) in [6.45, 7) is 0.117. The van der Waals surface area contributed by atoms with Gasteiger partial charge in [0.25, 0.3) is 0 Å². The summed E-state index contributed by atoms with van der Waals surface area (Å²) >= 11 is 9.32. The Hall–Kier alpha value is -1.30. The molecule has 1 N–H and O–H groups in total. The Labute approximate surface area is 134 Å². The molecule has 6 heteroatoms. The summed E-state index contributed by atoms with van der Waals surface area (Å²) in [5.74, 6) is 0.647. The van der Waals surface area contributed by atoms with Gasteiger partial charge in [0, 0.05) is 10.9 Å². The van der Waals surface area contributed by atoms with Crippen molar-refractivity contribution in [3.05, 3.63) is 56.8 Å². The summed E-state index contributed by atoms with van der Waals surface area (Å²) in [4.78, 5) is 0. The standard InChI is InChI=1S/C15H11BrClFO3/c16-10-1-8(2-11(18)6-10)3-13(19)9-4-12(17)15-14(5-9)20-7-21-15/h1-2,4-6,13,19H,3,7H2. The van der Waals surface area contributed by atoms with E-state index in [-0.39, 0.29) is 19.0 Å². The van der Waals surface area contributed by atoms with Gasteiger partial charge in [0.15, 0.2) is 11.5 Å². The average molecular weight is 374 g/mol. The quantitative estimate of drug-likeness (QED) is 0.874. The van der Waals surface area contributed by atoms with Gasteiger partial charge in [-0.3, -0.25) is 0 Å². The van der Waals surface area contributed by atoms with E-state index >= 15 is 0 Å². The lowest BCUT2D eigenvalue weighted by Crippen LogP contribution is -2.02. The van der Waals surface area contributed by atoms with Crippen LogP contribution in [0.4, 0.5) is 4.39 Å². The minimum atomic E-state index is -0.814. The van der Waals surface area contributed by atoms with Gasteiger partial charge >= 0.3 is 0 Å². The van der Waals surface area contributed by atoms with Crippen LogP contribution in [0, 0.1) is 5.82 Å². The maximum Gasteiger partial charge on any atom is 0.231 e. The summed E-state index contributed by atoms with van der Waals surface area (Å²) in [7, 11) is 0. The molecule has 0 fully saturated rings. The number of hydrogen-bond acceptors (Lipinski definition) is 3. The highest BCUT2D eigenvalue weighted by Gasteiger charge is 2.21. The summed E-state index contributed by atoms with van der Waals surface area (Å²) in [6.07, 6.45) is -0.544. The molecule has 0 aliphatic carbocycles. The van der Waals surface area contributed by atoms with Crippen molar-refractivity contribution in [2.45, 2.75) is 12.5 Å². The third-order valence-corrected chi connectivity index (χ3v) is 3.92. The van der Waals surface area contributed by atoms with E-state index in [1.807, 2.05) is 0 Å². The normalized spacial score (nSPS) is 14.3. The Balaban J connectivity index is 1.85. The lowest BCUT2D eigenvalue weighted by molar-refractivity contribution is 0.171. The Morgan fingerprint density at radius 1 is 1.24 bits per heavy atom. The van der Waals surface area contributed by atoms with Crippen molar-refractivity contribution in [2.75, 3.05) is 6.79 Å². The first-order valence-corrected chi connectivity index (χ1v) is 7.42. The number of aliphatic hydroxyl groups excluding tert-OH is 1. The topological polar surface area (TPSA) is 38.7 Å². The van der Waals surface area contributed by atoms with Crippen molar-refractivity contribution in [3.63, 3.8) is 0 Å². The molecule has 3 rings (SSSR count). The predicted molar refractivity (Wildman–Crippen MR) is 80.3 cm³/mol. The second-order valence-electron chi connectivity index (χ2n) is 4.73. The number of rotatable bonds is 3. The molecular formula is C15H11BrClFO3. The zero-order chi connectivity index (χ0) is 15.0. The molecule has 1 aliphatic rings. The van der Waals surface area contributed by atoms with E-state index in [0.29, 0.717) is 32.1 Å². The molecule has 0 bridgehead atoms. The molecular weight excluding hydrogens is 363 g/mol. The van der Waals surface area contributed by atoms with E-state index in [1.165, 1.54) is 12.1 Å². The zero-order valence-corrected chi connectivity index (χ0v) is 13.1. The lowest BCUT2D eigenvalue weighted by Gasteiger charge is -2.13. The Morgan fingerprint density at radius 2 is 2.05 bits per heavy atom. The smallest absolute Gasteiger partial charge is 0.231 e. The molecule has 110 valence electrons. The van der Waals surface area contributed by atoms with Crippen LogP contribution in [0.25, 0.3) is 0 Å². The van der Waals surface area contributed by atoms with Gasteiger partial charge in [-0.05, 0) is 41.5 Å². The molecule has 1 unspecified atom stereocenters. The first kappa shape index (κ1) is 14.6. The van der Waals surface area contributed by atoms with Crippen LogP contribution < -0.4 is 9.47 Å². The third kappa shape index (κ3) is 3.15. The van der Waals surface area contributed by atoms with Crippen LogP contribution in [0.3, 0.4) is 0 Å². The van der Waals surface area contributed by atoms with Crippen LogP contribution in [0.15, 0.2) is 34.8 Å². The monoisotopic (exact) mass is 372 g/mol. The largest absolute Gasteiger partial charge is 0.454 e. The van der Waals surface area contributed by atoms with Gasteiger partial charge in [-0.1, -0.05) is 27.5 Å². The molecule has 0 saturated heterocycles. The van der Waals surface area contributed by atoms with Gasteiger partial charge in [-0.25, -0.2) is 4.39 Å². The average Bonchev–Trinajstić information content (AvgIpc) is 2.86. The van der Waals surface area contributed by atoms with E-state index in [9.17, 15) is 9.50 Å².